The molecule has 0 bridgehead atoms. The Morgan fingerprint density at radius 3 is 1.43 bits per heavy atom. The van der Waals surface area contributed by atoms with Crippen molar-refractivity contribution in [2.24, 2.45) is 0 Å². The van der Waals surface area contributed by atoms with E-state index in [1.165, 1.54) is 109 Å². The molecule has 1 atom stereocenters. The van der Waals surface area contributed by atoms with Crippen LogP contribution in [0, 0.1) is 0 Å². The average Bonchev–Trinajstić information content (AvgIpc) is 3.07. The summed E-state index contributed by atoms with van der Waals surface area (Å²) in [6.45, 7) is 3.64. The molecule has 0 aromatic rings. The van der Waals surface area contributed by atoms with E-state index in [9.17, 15) is 14.2 Å². The van der Waals surface area contributed by atoms with Crippen LogP contribution in [0.25, 0.3) is 0 Å². The topological polar surface area (TPSA) is 119 Å². The van der Waals surface area contributed by atoms with Gasteiger partial charge in [-0.3, -0.25) is 14.1 Å². The van der Waals surface area contributed by atoms with Crippen molar-refractivity contribution in [3.63, 3.8) is 0 Å². The highest BCUT2D eigenvalue weighted by molar-refractivity contribution is 7.46. The highest BCUT2D eigenvalue weighted by Gasteiger charge is 2.22. The molecule has 0 amide bonds. The zero-order valence-corrected chi connectivity index (χ0v) is 32.2. The van der Waals surface area contributed by atoms with Gasteiger partial charge in [-0.2, -0.15) is 0 Å². The van der Waals surface area contributed by atoms with E-state index in [2.05, 4.69) is 48.8 Å². The fourth-order valence-electron chi connectivity index (χ4n) is 5.45. The maximum Gasteiger partial charge on any atom is 0.469 e. The van der Waals surface area contributed by atoms with Crippen LogP contribution in [0.2, 0.25) is 0 Å². The van der Waals surface area contributed by atoms with Gasteiger partial charge in [0.25, 0.3) is 0 Å². The number of phosphoric ester groups is 1. The number of ether oxygens (including phenoxy) is 2. The number of phosphoric acid groups is 1. The third-order valence-electron chi connectivity index (χ3n) is 8.41. The van der Waals surface area contributed by atoms with E-state index >= 15 is 0 Å². The maximum atomic E-state index is 12.3. The molecule has 9 heteroatoms. The molecule has 0 fully saturated rings. The van der Waals surface area contributed by atoms with Crippen molar-refractivity contribution in [1.29, 1.82) is 0 Å². The molecule has 0 rings (SSSR count). The number of rotatable bonds is 36. The van der Waals surface area contributed by atoms with Crippen molar-refractivity contribution in [1.82, 2.24) is 0 Å². The van der Waals surface area contributed by atoms with E-state index < -0.39 is 32.5 Å². The standard InChI is InChI=1S/C40H73O8P/c1-3-5-7-9-11-13-15-17-19-20-21-23-25-27-29-31-33-35-40(42)48-38(37-47-49(43,44)45)36-46-39(41)34-32-30-28-26-24-22-18-16-14-12-10-8-6-4-2/h17,19,21,23,27,29,38H,3-16,18,20,22,24-26,28,30-37H2,1-2H3,(H2,43,44,45)/b19-17+,23-21+,29-27+/t38-/m1/s1. The molecule has 0 spiro atoms. The van der Waals surface area contributed by atoms with Crippen molar-refractivity contribution in [2.45, 2.75) is 193 Å². The quantitative estimate of drug-likeness (QED) is 0.0285. The first kappa shape index (κ1) is 47.3. The van der Waals surface area contributed by atoms with Gasteiger partial charge in [0.2, 0.25) is 0 Å². The molecule has 0 aromatic heterocycles. The molecule has 8 nitrogen and oxygen atoms in total. The molecule has 0 heterocycles. The van der Waals surface area contributed by atoms with Crippen molar-refractivity contribution < 1.29 is 37.9 Å². The highest BCUT2D eigenvalue weighted by Crippen LogP contribution is 2.36. The predicted molar refractivity (Wildman–Crippen MR) is 202 cm³/mol. The second kappa shape index (κ2) is 36.1. The van der Waals surface area contributed by atoms with Crippen molar-refractivity contribution in [3.8, 4) is 0 Å². The highest BCUT2D eigenvalue weighted by atomic mass is 31.2. The molecule has 0 radical (unpaired) electrons. The molecule has 0 aliphatic carbocycles. The first-order valence-corrected chi connectivity index (χ1v) is 21.3. The molecule has 0 saturated carbocycles. The first-order chi connectivity index (χ1) is 23.8. The van der Waals surface area contributed by atoms with E-state index in [4.69, 9.17) is 19.3 Å². The van der Waals surface area contributed by atoms with Crippen LogP contribution < -0.4 is 0 Å². The summed E-state index contributed by atoms with van der Waals surface area (Å²) in [5.74, 6) is -0.942. The summed E-state index contributed by atoms with van der Waals surface area (Å²) in [5.41, 5.74) is 0. The number of unbranched alkanes of at least 4 members (excludes halogenated alkanes) is 20. The van der Waals surface area contributed by atoms with Gasteiger partial charge >= 0.3 is 19.8 Å². The summed E-state index contributed by atoms with van der Waals surface area (Å²) in [5, 5.41) is 0. The molecule has 2 N–H and O–H groups in total. The molecular formula is C40H73O8P. The Morgan fingerprint density at radius 1 is 0.531 bits per heavy atom. The monoisotopic (exact) mass is 713 g/mol. The van der Waals surface area contributed by atoms with Crippen LogP contribution in [0.15, 0.2) is 36.5 Å². The Morgan fingerprint density at radius 2 is 0.939 bits per heavy atom. The number of esters is 2. The summed E-state index contributed by atoms with van der Waals surface area (Å²) in [7, 11) is -4.76. The van der Waals surface area contributed by atoms with Gasteiger partial charge in [-0.15, -0.1) is 0 Å². The Labute approximate surface area is 300 Å². The van der Waals surface area contributed by atoms with Gasteiger partial charge in [0, 0.05) is 12.8 Å². The fourth-order valence-corrected chi connectivity index (χ4v) is 5.81. The normalized spacial score (nSPS) is 12.8. The molecule has 0 unspecified atom stereocenters. The third-order valence-corrected chi connectivity index (χ3v) is 8.90. The second-order valence-electron chi connectivity index (χ2n) is 13.3. The first-order valence-electron chi connectivity index (χ1n) is 19.8. The van der Waals surface area contributed by atoms with Crippen LogP contribution >= 0.6 is 7.82 Å². The maximum absolute atomic E-state index is 12.3. The second-order valence-corrected chi connectivity index (χ2v) is 14.5. The summed E-state index contributed by atoms with van der Waals surface area (Å²) in [4.78, 5) is 42.7. The van der Waals surface area contributed by atoms with Crippen molar-refractivity contribution in [2.75, 3.05) is 13.2 Å². The lowest BCUT2D eigenvalue weighted by molar-refractivity contribution is -0.161. The fraction of sp³-hybridized carbons (Fsp3) is 0.800. The molecule has 0 aromatic carbocycles. The SMILES string of the molecule is CCCCCCCC/C=C/C/C=C/C/C=C/CCCC(=O)O[C@H](COC(=O)CCCCCCCCCCCCCCCC)COP(=O)(O)O. The van der Waals surface area contributed by atoms with Gasteiger partial charge in [-0.25, -0.2) is 4.57 Å². The van der Waals surface area contributed by atoms with Crippen LogP contribution in [0.4, 0.5) is 0 Å². The lowest BCUT2D eigenvalue weighted by Crippen LogP contribution is -2.29. The molecule has 49 heavy (non-hydrogen) atoms. The smallest absolute Gasteiger partial charge is 0.462 e. The van der Waals surface area contributed by atoms with E-state index in [1.54, 1.807) is 0 Å². The number of carbonyl (C=O) groups is 2. The number of hydrogen-bond acceptors (Lipinski definition) is 6. The van der Waals surface area contributed by atoms with Gasteiger partial charge in [-0.1, -0.05) is 166 Å². The number of allylic oxidation sites excluding steroid dienone is 6. The van der Waals surface area contributed by atoms with Crippen molar-refractivity contribution in [3.05, 3.63) is 36.5 Å². The third kappa shape index (κ3) is 38.9. The van der Waals surface area contributed by atoms with Crippen LogP contribution in [0.1, 0.15) is 187 Å². The Bertz CT molecular complexity index is 895. The van der Waals surface area contributed by atoms with Crippen LogP contribution in [0.3, 0.4) is 0 Å². The van der Waals surface area contributed by atoms with Crippen molar-refractivity contribution >= 4 is 19.8 Å². The predicted octanol–water partition coefficient (Wildman–Crippen LogP) is 11.8. The molecule has 0 aliphatic heterocycles. The lowest BCUT2D eigenvalue weighted by atomic mass is 10.0. The minimum atomic E-state index is -4.76. The summed E-state index contributed by atoms with van der Waals surface area (Å²) in [6.07, 6.45) is 41.6. The molecule has 0 aliphatic rings. The number of carbonyl (C=O) groups excluding carboxylic acids is 2. The summed E-state index contributed by atoms with van der Waals surface area (Å²) in [6, 6.07) is 0. The van der Waals surface area contributed by atoms with Crippen LogP contribution in [-0.4, -0.2) is 41.0 Å². The van der Waals surface area contributed by atoms with Gasteiger partial charge in [0.1, 0.15) is 6.61 Å². The van der Waals surface area contributed by atoms with E-state index in [1.807, 2.05) is 6.08 Å². The largest absolute Gasteiger partial charge is 0.469 e. The van der Waals surface area contributed by atoms with Gasteiger partial charge in [-0.05, 0) is 44.9 Å². The number of hydrogen-bond donors (Lipinski definition) is 2. The van der Waals surface area contributed by atoms with Crippen LogP contribution in [-0.2, 0) is 28.2 Å². The summed E-state index contributed by atoms with van der Waals surface area (Å²) >= 11 is 0. The average molecular weight is 713 g/mol. The minimum absolute atomic E-state index is 0.142. The summed E-state index contributed by atoms with van der Waals surface area (Å²) < 4.78 is 26.3. The van der Waals surface area contributed by atoms with E-state index in [0.717, 1.165) is 38.5 Å². The zero-order valence-electron chi connectivity index (χ0n) is 31.3. The molecule has 286 valence electrons. The van der Waals surface area contributed by atoms with E-state index in [-0.39, 0.29) is 19.4 Å². The minimum Gasteiger partial charge on any atom is -0.462 e. The Hall–Kier alpha value is -1.73. The molecule has 0 saturated heterocycles. The molecular weight excluding hydrogens is 639 g/mol. The lowest BCUT2D eigenvalue weighted by Gasteiger charge is -2.18. The van der Waals surface area contributed by atoms with Gasteiger partial charge in [0.05, 0.1) is 6.61 Å². The van der Waals surface area contributed by atoms with Crippen LogP contribution in [0.5, 0.6) is 0 Å². The Kier molecular flexibility index (Phi) is 34.8. The van der Waals surface area contributed by atoms with Gasteiger partial charge in [0.15, 0.2) is 6.10 Å². The Balaban J connectivity index is 4.03. The van der Waals surface area contributed by atoms with Gasteiger partial charge < -0.3 is 19.3 Å². The van der Waals surface area contributed by atoms with E-state index in [0.29, 0.717) is 12.8 Å². The zero-order chi connectivity index (χ0) is 36.1.